The molecule has 2 spiro atoms. The maximum Gasteiger partial charge on any atom is 0.277 e. The van der Waals surface area contributed by atoms with Crippen LogP contribution in [0.25, 0.3) is 0 Å². The van der Waals surface area contributed by atoms with E-state index in [1.807, 2.05) is 42.5 Å². The fraction of sp³-hybridized carbons (Fsp3) is 0.192. The van der Waals surface area contributed by atoms with Crippen molar-refractivity contribution in [3.63, 3.8) is 0 Å². The van der Waals surface area contributed by atoms with Gasteiger partial charge in [0.05, 0.1) is 12.2 Å². The number of ether oxygens (including phenoxy) is 1. The molecule has 6 rings (SSSR count). The summed E-state index contributed by atoms with van der Waals surface area (Å²) < 4.78 is 29.8. The summed E-state index contributed by atoms with van der Waals surface area (Å²) in [5, 5.41) is 5.66. The van der Waals surface area contributed by atoms with Gasteiger partial charge in [0.2, 0.25) is 5.54 Å². The van der Waals surface area contributed by atoms with E-state index in [4.69, 9.17) is 17.0 Å². The summed E-state index contributed by atoms with van der Waals surface area (Å²) in [5.74, 6) is -1.51. The minimum Gasteiger partial charge on any atom is -0.446 e. The first kappa shape index (κ1) is 24.1. The van der Waals surface area contributed by atoms with E-state index in [1.54, 1.807) is 29.5 Å². The monoisotopic (exact) mass is 523 g/mol. The highest BCUT2D eigenvalue weighted by molar-refractivity contribution is 7.83. The van der Waals surface area contributed by atoms with Gasteiger partial charge in [-0.25, -0.2) is 4.39 Å². The van der Waals surface area contributed by atoms with Gasteiger partial charge >= 0.3 is 0 Å². The first-order valence-electron chi connectivity index (χ1n) is 11.0. The summed E-state index contributed by atoms with van der Waals surface area (Å²) in [6.07, 6.45) is 3.28. The number of amides is 2. The van der Waals surface area contributed by atoms with Gasteiger partial charge in [-0.1, -0.05) is 48.5 Å². The Hall–Kier alpha value is -3.63. The SMILES string of the molecule is CS(C)=O.O=C1N(Cc2ccccc2)c2ccccc2[C@]12NC(=S)O[C@@]21C(=O)Nc2ccc(F)cc21. The maximum atomic E-state index is 14.3. The number of carbonyl (C=O) groups is 2. The molecule has 0 unspecified atom stereocenters. The highest BCUT2D eigenvalue weighted by Crippen LogP contribution is 2.58. The van der Waals surface area contributed by atoms with Crippen molar-refractivity contribution in [1.82, 2.24) is 5.32 Å². The van der Waals surface area contributed by atoms with Crippen LogP contribution in [0.5, 0.6) is 0 Å². The molecule has 3 heterocycles. The van der Waals surface area contributed by atoms with Crippen molar-refractivity contribution in [2.45, 2.75) is 17.7 Å². The first-order chi connectivity index (χ1) is 17.2. The third kappa shape index (κ3) is 3.43. The van der Waals surface area contributed by atoms with E-state index < -0.39 is 39.6 Å². The van der Waals surface area contributed by atoms with Gasteiger partial charge in [0.1, 0.15) is 5.82 Å². The van der Waals surface area contributed by atoms with E-state index in [0.29, 0.717) is 23.5 Å². The van der Waals surface area contributed by atoms with Gasteiger partial charge in [0.15, 0.2) is 0 Å². The molecule has 184 valence electrons. The van der Waals surface area contributed by atoms with Crippen molar-refractivity contribution in [1.29, 1.82) is 0 Å². The lowest BCUT2D eigenvalue weighted by Gasteiger charge is -2.35. The maximum absolute atomic E-state index is 14.3. The molecule has 2 amide bonds. The van der Waals surface area contributed by atoms with Crippen molar-refractivity contribution < 1.29 is 22.9 Å². The van der Waals surface area contributed by atoms with Gasteiger partial charge in [-0.3, -0.25) is 13.8 Å². The molecule has 0 radical (unpaired) electrons. The van der Waals surface area contributed by atoms with Crippen molar-refractivity contribution in [3.05, 3.63) is 95.3 Å². The summed E-state index contributed by atoms with van der Waals surface area (Å²) in [6, 6.07) is 20.7. The summed E-state index contributed by atoms with van der Waals surface area (Å²) in [7, 11) is -0.611. The third-order valence-corrected chi connectivity index (χ3v) is 6.53. The van der Waals surface area contributed by atoms with Gasteiger partial charge in [-0.15, -0.1) is 0 Å². The molecule has 3 aromatic carbocycles. The number of benzene rings is 3. The predicted octanol–water partition coefficient (Wildman–Crippen LogP) is 3.31. The average Bonchev–Trinajstić information content (AvgIpc) is 3.40. The van der Waals surface area contributed by atoms with E-state index in [9.17, 15) is 18.2 Å². The van der Waals surface area contributed by atoms with Crippen LogP contribution < -0.4 is 15.5 Å². The van der Waals surface area contributed by atoms with Crippen LogP contribution in [0.2, 0.25) is 0 Å². The molecule has 3 aliphatic heterocycles. The lowest BCUT2D eigenvalue weighted by molar-refractivity contribution is -0.144. The molecule has 2 atom stereocenters. The van der Waals surface area contributed by atoms with Gasteiger partial charge in [-0.05, 0) is 42.0 Å². The molecule has 0 bridgehead atoms. The average molecular weight is 524 g/mol. The van der Waals surface area contributed by atoms with Crippen LogP contribution in [0.15, 0.2) is 72.8 Å². The van der Waals surface area contributed by atoms with E-state index in [2.05, 4.69) is 10.6 Å². The van der Waals surface area contributed by atoms with Crippen LogP contribution in [-0.4, -0.2) is 33.7 Å². The van der Waals surface area contributed by atoms with Crippen molar-refractivity contribution in [3.8, 4) is 0 Å². The summed E-state index contributed by atoms with van der Waals surface area (Å²) in [6.45, 7) is 0.292. The predicted molar refractivity (Wildman–Crippen MR) is 139 cm³/mol. The van der Waals surface area contributed by atoms with Crippen molar-refractivity contribution in [2.24, 2.45) is 0 Å². The standard InChI is InChI=1S/C24H16FN3O3S.C2H6OS/c25-15-10-11-18-17(12-15)24(20(29)26-18)23(27-22(32)31-24)16-8-4-5-9-19(16)28(21(23)30)13-14-6-2-1-3-7-14;1-4(2)3/h1-12H,13H2,(H,26,29)(H,27,32);1-2H3/t23-,24-;/m0./s1. The Kier molecular flexibility index (Phi) is 5.88. The van der Waals surface area contributed by atoms with Crippen LogP contribution in [0.4, 0.5) is 15.8 Å². The van der Waals surface area contributed by atoms with E-state index in [-0.39, 0.29) is 10.7 Å². The second kappa shape index (κ2) is 8.79. The van der Waals surface area contributed by atoms with E-state index >= 15 is 0 Å². The molecule has 36 heavy (non-hydrogen) atoms. The Morgan fingerprint density at radius 1 is 1.00 bits per heavy atom. The Morgan fingerprint density at radius 2 is 1.67 bits per heavy atom. The third-order valence-electron chi connectivity index (χ3n) is 6.34. The zero-order chi connectivity index (χ0) is 25.7. The second-order valence-corrected chi connectivity index (χ2v) is 10.6. The lowest BCUT2D eigenvalue weighted by atomic mass is 9.72. The molecule has 3 aliphatic rings. The number of rotatable bonds is 2. The van der Waals surface area contributed by atoms with Crippen LogP contribution in [-0.2, 0) is 42.8 Å². The molecular weight excluding hydrogens is 501 g/mol. The highest BCUT2D eigenvalue weighted by atomic mass is 32.2. The summed E-state index contributed by atoms with van der Waals surface area (Å²) in [4.78, 5) is 29.3. The molecule has 0 saturated carbocycles. The fourth-order valence-electron chi connectivity index (χ4n) is 5.04. The molecule has 0 aromatic heterocycles. The molecular formula is C26H22FN3O4S2. The van der Waals surface area contributed by atoms with E-state index in [1.165, 1.54) is 18.2 Å². The first-order valence-corrected chi connectivity index (χ1v) is 13.4. The van der Waals surface area contributed by atoms with Crippen molar-refractivity contribution >= 4 is 51.4 Å². The Morgan fingerprint density at radius 3 is 2.39 bits per heavy atom. The minimum absolute atomic E-state index is 0.0954. The molecule has 10 heteroatoms. The highest BCUT2D eigenvalue weighted by Gasteiger charge is 2.76. The minimum atomic E-state index is -1.87. The Bertz CT molecular complexity index is 1430. The van der Waals surface area contributed by atoms with Crippen LogP contribution >= 0.6 is 12.2 Å². The van der Waals surface area contributed by atoms with Gasteiger partial charge in [0, 0.05) is 40.1 Å². The topological polar surface area (TPSA) is 87.7 Å². The second-order valence-electron chi connectivity index (χ2n) is 8.73. The normalized spacial score (nSPS) is 23.2. The van der Waals surface area contributed by atoms with Gasteiger partial charge < -0.3 is 20.3 Å². The molecule has 2 N–H and O–H groups in total. The van der Waals surface area contributed by atoms with Crippen molar-refractivity contribution in [2.75, 3.05) is 22.7 Å². The number of para-hydroxylation sites is 1. The van der Waals surface area contributed by atoms with Gasteiger partial charge in [-0.2, -0.15) is 0 Å². The fourth-order valence-corrected chi connectivity index (χ4v) is 5.32. The Labute approximate surface area is 215 Å². The number of hydrogen-bond acceptors (Lipinski definition) is 5. The smallest absolute Gasteiger partial charge is 0.277 e. The van der Waals surface area contributed by atoms with Crippen LogP contribution in [0.3, 0.4) is 0 Å². The number of halogens is 1. The van der Waals surface area contributed by atoms with E-state index in [0.717, 1.165) is 5.56 Å². The zero-order valence-corrected chi connectivity index (χ0v) is 21.0. The summed E-state index contributed by atoms with van der Waals surface area (Å²) >= 11 is 5.33. The van der Waals surface area contributed by atoms with Gasteiger partial charge in [0.25, 0.3) is 22.6 Å². The number of thiocarbonyl (C=S) groups is 1. The summed E-state index contributed by atoms with van der Waals surface area (Å²) in [5.41, 5.74) is -0.815. The zero-order valence-electron chi connectivity index (χ0n) is 19.4. The van der Waals surface area contributed by atoms with Crippen LogP contribution in [0.1, 0.15) is 16.7 Å². The molecule has 7 nitrogen and oxygen atoms in total. The largest absolute Gasteiger partial charge is 0.446 e. The molecule has 1 fully saturated rings. The number of carbonyl (C=O) groups excluding carboxylic acids is 2. The quantitative estimate of drug-likeness (QED) is 0.502. The number of anilines is 2. The number of hydrogen-bond donors (Lipinski definition) is 2. The Balaban J connectivity index is 0.000000623. The number of fused-ring (bicyclic) bond motifs is 5. The number of nitrogens with zero attached hydrogens (tertiary/aromatic N) is 1. The number of nitrogens with one attached hydrogen (secondary N) is 2. The van der Waals surface area contributed by atoms with Crippen LogP contribution in [0, 0.1) is 5.82 Å². The molecule has 0 aliphatic carbocycles. The molecule has 3 aromatic rings. The molecule has 1 saturated heterocycles. The lowest BCUT2D eigenvalue weighted by Crippen LogP contribution is -2.61.